The molecule has 18 heavy (non-hydrogen) atoms. The van der Waals surface area contributed by atoms with Gasteiger partial charge in [0.15, 0.2) is 11.4 Å². The summed E-state index contributed by atoms with van der Waals surface area (Å²) in [4.78, 5) is 23.5. The number of aliphatic hydroxyl groups is 2. The molecule has 1 aliphatic carbocycles. The molecule has 0 amide bonds. The third-order valence-corrected chi connectivity index (χ3v) is 2.76. The Kier molecular flexibility index (Phi) is 3.02. The van der Waals surface area contributed by atoms with Crippen LogP contribution >= 0.6 is 0 Å². The molecule has 94 valence electrons. The lowest BCUT2D eigenvalue weighted by Gasteiger charge is -2.27. The maximum Gasteiger partial charge on any atom is 0.205 e. The lowest BCUT2D eigenvalue weighted by atomic mass is 9.81. The van der Waals surface area contributed by atoms with Crippen LogP contribution in [0.4, 0.5) is 0 Å². The highest BCUT2D eigenvalue weighted by Gasteiger charge is 2.44. The SMILES string of the molecule is CC1(O)C(=O)C=C2C=C(/C=C/CO)OC=C2C1=O. The lowest BCUT2D eigenvalue weighted by Crippen LogP contribution is -2.46. The monoisotopic (exact) mass is 248 g/mol. The van der Waals surface area contributed by atoms with E-state index in [1.807, 2.05) is 0 Å². The van der Waals surface area contributed by atoms with Crippen molar-refractivity contribution < 1.29 is 24.5 Å². The second-order valence-corrected chi connectivity index (χ2v) is 4.15. The fourth-order valence-corrected chi connectivity index (χ4v) is 1.68. The van der Waals surface area contributed by atoms with Gasteiger partial charge in [-0.1, -0.05) is 6.08 Å². The number of aliphatic hydroxyl groups excluding tert-OH is 1. The van der Waals surface area contributed by atoms with Crippen LogP contribution in [0.15, 0.2) is 47.5 Å². The molecule has 5 heteroatoms. The first-order chi connectivity index (χ1) is 8.46. The number of rotatable bonds is 2. The average molecular weight is 248 g/mol. The Balaban J connectivity index is 2.39. The zero-order chi connectivity index (χ0) is 13.3. The van der Waals surface area contributed by atoms with Gasteiger partial charge in [-0.05, 0) is 30.7 Å². The third kappa shape index (κ3) is 1.94. The molecule has 0 saturated heterocycles. The summed E-state index contributed by atoms with van der Waals surface area (Å²) in [6.45, 7) is 1.03. The number of hydrogen-bond donors (Lipinski definition) is 2. The van der Waals surface area contributed by atoms with Crippen molar-refractivity contribution in [3.63, 3.8) is 0 Å². The second-order valence-electron chi connectivity index (χ2n) is 4.15. The maximum atomic E-state index is 11.9. The van der Waals surface area contributed by atoms with E-state index in [4.69, 9.17) is 9.84 Å². The molecule has 5 nitrogen and oxygen atoms in total. The number of hydrogen-bond acceptors (Lipinski definition) is 5. The summed E-state index contributed by atoms with van der Waals surface area (Å²) >= 11 is 0. The maximum absolute atomic E-state index is 11.9. The zero-order valence-electron chi connectivity index (χ0n) is 9.71. The summed E-state index contributed by atoms with van der Waals surface area (Å²) < 4.78 is 5.17. The molecule has 2 aliphatic rings. The van der Waals surface area contributed by atoms with E-state index in [1.54, 1.807) is 0 Å². The van der Waals surface area contributed by atoms with Gasteiger partial charge in [0.2, 0.25) is 5.78 Å². The van der Waals surface area contributed by atoms with Gasteiger partial charge in [-0.15, -0.1) is 0 Å². The Hall–Kier alpha value is -1.98. The minimum absolute atomic E-state index is 0.136. The van der Waals surface area contributed by atoms with E-state index >= 15 is 0 Å². The van der Waals surface area contributed by atoms with Gasteiger partial charge in [-0.2, -0.15) is 0 Å². The smallest absolute Gasteiger partial charge is 0.205 e. The largest absolute Gasteiger partial charge is 0.464 e. The van der Waals surface area contributed by atoms with E-state index < -0.39 is 17.2 Å². The van der Waals surface area contributed by atoms with Crippen molar-refractivity contribution in [2.24, 2.45) is 0 Å². The first-order valence-electron chi connectivity index (χ1n) is 5.36. The van der Waals surface area contributed by atoms with E-state index in [1.165, 1.54) is 30.6 Å². The Morgan fingerprint density at radius 3 is 2.78 bits per heavy atom. The van der Waals surface area contributed by atoms with Gasteiger partial charge in [-0.3, -0.25) is 9.59 Å². The molecular formula is C13H12O5. The van der Waals surface area contributed by atoms with Gasteiger partial charge in [0.25, 0.3) is 0 Å². The lowest BCUT2D eigenvalue weighted by molar-refractivity contribution is -0.144. The fourth-order valence-electron chi connectivity index (χ4n) is 1.68. The van der Waals surface area contributed by atoms with Crippen LogP contribution in [0.25, 0.3) is 0 Å². The molecule has 0 spiro atoms. The Bertz CT molecular complexity index is 532. The van der Waals surface area contributed by atoms with Gasteiger partial charge in [-0.25, -0.2) is 0 Å². The summed E-state index contributed by atoms with van der Waals surface area (Å²) in [6.07, 6.45) is 6.91. The number of fused-ring (bicyclic) bond motifs is 1. The number of carbonyl (C=O) groups excluding carboxylic acids is 2. The van der Waals surface area contributed by atoms with Crippen LogP contribution < -0.4 is 0 Å². The number of Topliss-reactive ketones (excluding diaryl/α,β-unsaturated/α-hetero) is 1. The summed E-state index contributed by atoms with van der Waals surface area (Å²) in [5, 5.41) is 18.4. The van der Waals surface area contributed by atoms with E-state index in [-0.39, 0.29) is 12.2 Å². The highest BCUT2D eigenvalue weighted by atomic mass is 16.5. The molecule has 0 aromatic rings. The van der Waals surface area contributed by atoms with Crippen LogP contribution in [-0.4, -0.2) is 34.0 Å². The molecule has 1 unspecified atom stereocenters. The van der Waals surface area contributed by atoms with Crippen molar-refractivity contribution in [1.29, 1.82) is 0 Å². The normalized spacial score (nSPS) is 27.4. The first-order valence-corrected chi connectivity index (χ1v) is 5.36. The first kappa shape index (κ1) is 12.5. The molecule has 2 N–H and O–H groups in total. The van der Waals surface area contributed by atoms with Gasteiger partial charge < -0.3 is 14.9 Å². The van der Waals surface area contributed by atoms with Crippen molar-refractivity contribution in [2.45, 2.75) is 12.5 Å². The van der Waals surface area contributed by atoms with Crippen LogP contribution in [-0.2, 0) is 14.3 Å². The molecule has 0 aromatic heterocycles. The number of allylic oxidation sites excluding steroid dienone is 3. The summed E-state index contributed by atoms with van der Waals surface area (Å²) in [5.74, 6) is -0.920. The molecule has 2 rings (SSSR count). The van der Waals surface area contributed by atoms with Crippen LogP contribution in [0.2, 0.25) is 0 Å². The van der Waals surface area contributed by atoms with E-state index in [0.29, 0.717) is 11.3 Å². The third-order valence-electron chi connectivity index (χ3n) is 2.76. The standard InChI is InChI=1S/C13H12O5/c1-13(17)11(15)6-8-5-9(3-2-4-14)18-7-10(8)12(13)16/h2-3,5-7,14,17H,4H2,1H3/b3-2+. The Labute approximate surface area is 103 Å². The highest BCUT2D eigenvalue weighted by molar-refractivity contribution is 6.25. The highest BCUT2D eigenvalue weighted by Crippen LogP contribution is 2.31. The van der Waals surface area contributed by atoms with E-state index in [2.05, 4.69) is 0 Å². The van der Waals surface area contributed by atoms with Crippen LogP contribution in [0.1, 0.15) is 6.92 Å². The molecule has 1 heterocycles. The summed E-state index contributed by atoms with van der Waals surface area (Å²) in [5.41, 5.74) is -1.45. The van der Waals surface area contributed by atoms with Crippen LogP contribution in [0.5, 0.6) is 0 Å². The van der Waals surface area contributed by atoms with Gasteiger partial charge in [0.1, 0.15) is 12.0 Å². The van der Waals surface area contributed by atoms with Crippen LogP contribution in [0.3, 0.4) is 0 Å². The molecule has 1 aliphatic heterocycles. The number of ketones is 2. The minimum Gasteiger partial charge on any atom is -0.464 e. The van der Waals surface area contributed by atoms with E-state index in [9.17, 15) is 14.7 Å². The van der Waals surface area contributed by atoms with E-state index in [0.717, 1.165) is 6.92 Å². The van der Waals surface area contributed by atoms with Crippen molar-refractivity contribution >= 4 is 11.6 Å². The molecule has 0 fully saturated rings. The summed E-state index contributed by atoms with van der Waals surface area (Å²) in [6, 6.07) is 0. The number of carbonyl (C=O) groups is 2. The van der Waals surface area contributed by atoms with Gasteiger partial charge in [0.05, 0.1) is 12.2 Å². The molecule has 0 radical (unpaired) electrons. The fraction of sp³-hybridized carbons (Fsp3) is 0.231. The Morgan fingerprint density at radius 1 is 1.39 bits per heavy atom. The topological polar surface area (TPSA) is 83.8 Å². The van der Waals surface area contributed by atoms with Crippen molar-refractivity contribution in [1.82, 2.24) is 0 Å². The zero-order valence-corrected chi connectivity index (χ0v) is 9.71. The molecule has 0 bridgehead atoms. The Morgan fingerprint density at radius 2 is 2.11 bits per heavy atom. The molecule has 0 aromatic carbocycles. The quantitative estimate of drug-likeness (QED) is 0.680. The van der Waals surface area contributed by atoms with Gasteiger partial charge >= 0.3 is 0 Å². The van der Waals surface area contributed by atoms with Crippen molar-refractivity contribution in [3.8, 4) is 0 Å². The number of ether oxygens (including phenoxy) is 1. The van der Waals surface area contributed by atoms with Crippen molar-refractivity contribution in [3.05, 3.63) is 47.5 Å². The predicted molar refractivity (Wildman–Crippen MR) is 62.2 cm³/mol. The van der Waals surface area contributed by atoms with Crippen LogP contribution in [0, 0.1) is 0 Å². The minimum atomic E-state index is -2.02. The molecule has 1 atom stereocenters. The average Bonchev–Trinajstić information content (AvgIpc) is 2.34. The predicted octanol–water partition coefficient (Wildman–Crippen LogP) is 0.162. The molecule has 0 saturated carbocycles. The molecular weight excluding hydrogens is 236 g/mol. The summed E-state index contributed by atoms with van der Waals surface area (Å²) in [7, 11) is 0. The van der Waals surface area contributed by atoms with Gasteiger partial charge in [0, 0.05) is 0 Å². The van der Waals surface area contributed by atoms with Crippen molar-refractivity contribution in [2.75, 3.05) is 6.61 Å². The second kappa shape index (κ2) is 4.36.